The molecule has 18 heavy (non-hydrogen) atoms. The standard InChI is InChI=1S/C14H17ClFNO/c1-14(2,3)13(15)9-6-8-4-5-12(18)17-11(8)7-10(9)16/h6-7,13H,4-5H2,1-3H3,(H,17,18). The lowest BCUT2D eigenvalue weighted by atomic mass is 9.86. The van der Waals surface area contributed by atoms with Crippen molar-refractivity contribution in [2.75, 3.05) is 5.32 Å². The predicted molar refractivity (Wildman–Crippen MR) is 71.4 cm³/mol. The van der Waals surface area contributed by atoms with Crippen molar-refractivity contribution >= 4 is 23.2 Å². The highest BCUT2D eigenvalue weighted by atomic mass is 35.5. The number of rotatable bonds is 1. The molecule has 1 aromatic rings. The summed E-state index contributed by atoms with van der Waals surface area (Å²) in [6.07, 6.45) is 1.09. The Hall–Kier alpha value is -1.09. The van der Waals surface area contributed by atoms with Gasteiger partial charge in [0.25, 0.3) is 0 Å². The normalized spacial score (nSPS) is 17.1. The summed E-state index contributed by atoms with van der Waals surface area (Å²) in [6, 6.07) is 3.16. The molecule has 0 spiro atoms. The first-order valence-corrected chi connectivity index (χ1v) is 6.49. The van der Waals surface area contributed by atoms with Crippen LogP contribution >= 0.6 is 11.6 Å². The molecule has 2 rings (SSSR count). The highest BCUT2D eigenvalue weighted by molar-refractivity contribution is 6.21. The third-order valence-electron chi connectivity index (χ3n) is 3.15. The largest absolute Gasteiger partial charge is 0.326 e. The molecule has 0 saturated carbocycles. The Morgan fingerprint density at radius 1 is 1.33 bits per heavy atom. The molecule has 0 radical (unpaired) electrons. The van der Waals surface area contributed by atoms with E-state index >= 15 is 0 Å². The molecule has 1 aromatic carbocycles. The molecule has 1 unspecified atom stereocenters. The fraction of sp³-hybridized carbons (Fsp3) is 0.500. The third-order valence-corrected chi connectivity index (χ3v) is 4.04. The van der Waals surface area contributed by atoms with Crippen LogP contribution in [0.5, 0.6) is 0 Å². The van der Waals surface area contributed by atoms with Gasteiger partial charge in [-0.1, -0.05) is 20.8 Å². The number of fused-ring (bicyclic) bond motifs is 1. The summed E-state index contributed by atoms with van der Waals surface area (Å²) in [5, 5.41) is 2.30. The van der Waals surface area contributed by atoms with Crippen LogP contribution in [0.2, 0.25) is 0 Å². The molecule has 2 nitrogen and oxygen atoms in total. The monoisotopic (exact) mass is 269 g/mol. The molecule has 1 aliphatic rings. The minimum Gasteiger partial charge on any atom is -0.326 e. The Morgan fingerprint density at radius 3 is 2.61 bits per heavy atom. The van der Waals surface area contributed by atoms with E-state index in [0.29, 0.717) is 24.1 Å². The zero-order valence-corrected chi connectivity index (χ0v) is 11.6. The van der Waals surface area contributed by atoms with Crippen LogP contribution < -0.4 is 5.32 Å². The molecule has 1 aliphatic heterocycles. The van der Waals surface area contributed by atoms with E-state index in [1.807, 2.05) is 20.8 Å². The fourth-order valence-corrected chi connectivity index (χ4v) is 2.25. The number of benzene rings is 1. The van der Waals surface area contributed by atoms with Gasteiger partial charge in [0.15, 0.2) is 0 Å². The van der Waals surface area contributed by atoms with Crippen molar-refractivity contribution in [1.82, 2.24) is 0 Å². The SMILES string of the molecule is CC(C)(C)C(Cl)c1cc2c(cc1F)NC(=O)CC2. The first-order chi connectivity index (χ1) is 8.29. The van der Waals surface area contributed by atoms with Crippen LogP contribution in [0.15, 0.2) is 12.1 Å². The number of amides is 1. The van der Waals surface area contributed by atoms with Gasteiger partial charge in [-0.05, 0) is 29.5 Å². The minimum atomic E-state index is -0.388. The molecule has 98 valence electrons. The maximum atomic E-state index is 14.0. The van der Waals surface area contributed by atoms with Crippen LogP contribution in [0.4, 0.5) is 10.1 Å². The lowest BCUT2D eigenvalue weighted by molar-refractivity contribution is -0.116. The third kappa shape index (κ3) is 2.51. The van der Waals surface area contributed by atoms with Gasteiger partial charge in [0, 0.05) is 17.7 Å². The second kappa shape index (κ2) is 4.54. The highest BCUT2D eigenvalue weighted by Gasteiger charge is 2.28. The number of aryl methyl sites for hydroxylation is 1. The predicted octanol–water partition coefficient (Wildman–Crippen LogP) is 4.04. The average Bonchev–Trinajstić information content (AvgIpc) is 2.25. The number of nitrogens with one attached hydrogen (secondary N) is 1. The number of carbonyl (C=O) groups excluding carboxylic acids is 1. The van der Waals surface area contributed by atoms with E-state index in [1.165, 1.54) is 6.07 Å². The Bertz CT molecular complexity index is 493. The molecule has 0 aromatic heterocycles. The van der Waals surface area contributed by atoms with Crippen LogP contribution in [0.1, 0.15) is 43.7 Å². The van der Waals surface area contributed by atoms with Gasteiger partial charge in [-0.3, -0.25) is 4.79 Å². The van der Waals surface area contributed by atoms with Crippen LogP contribution in [0, 0.1) is 11.2 Å². The van der Waals surface area contributed by atoms with Gasteiger partial charge in [-0.15, -0.1) is 11.6 Å². The van der Waals surface area contributed by atoms with Crippen molar-refractivity contribution in [3.05, 3.63) is 29.1 Å². The smallest absolute Gasteiger partial charge is 0.224 e. The summed E-state index contributed by atoms with van der Waals surface area (Å²) in [7, 11) is 0. The van der Waals surface area contributed by atoms with E-state index in [1.54, 1.807) is 6.07 Å². The fourth-order valence-electron chi connectivity index (χ4n) is 2.08. The van der Waals surface area contributed by atoms with E-state index < -0.39 is 0 Å². The van der Waals surface area contributed by atoms with E-state index in [9.17, 15) is 9.18 Å². The molecule has 0 fully saturated rings. The molecule has 0 bridgehead atoms. The van der Waals surface area contributed by atoms with Gasteiger partial charge in [-0.2, -0.15) is 0 Å². The Kier molecular flexibility index (Phi) is 3.37. The van der Waals surface area contributed by atoms with Gasteiger partial charge in [-0.25, -0.2) is 4.39 Å². The molecule has 1 heterocycles. The minimum absolute atomic E-state index is 0.0621. The zero-order chi connectivity index (χ0) is 13.5. The maximum absolute atomic E-state index is 14.0. The number of halogens is 2. The molecule has 1 atom stereocenters. The number of alkyl halides is 1. The first-order valence-electron chi connectivity index (χ1n) is 6.05. The number of anilines is 1. The van der Waals surface area contributed by atoms with Gasteiger partial charge in [0.1, 0.15) is 5.82 Å². The molecule has 1 amide bonds. The Balaban J connectivity index is 2.43. The summed E-state index contributed by atoms with van der Waals surface area (Å²) >= 11 is 6.33. The van der Waals surface area contributed by atoms with Crippen molar-refractivity contribution in [3.8, 4) is 0 Å². The van der Waals surface area contributed by atoms with E-state index in [4.69, 9.17) is 11.6 Å². The van der Waals surface area contributed by atoms with Crippen molar-refractivity contribution < 1.29 is 9.18 Å². The van der Waals surface area contributed by atoms with Crippen LogP contribution in [-0.4, -0.2) is 5.91 Å². The van der Waals surface area contributed by atoms with Gasteiger partial charge < -0.3 is 5.32 Å². The second-order valence-corrected chi connectivity index (χ2v) is 6.24. The van der Waals surface area contributed by atoms with Crippen molar-refractivity contribution in [2.45, 2.75) is 39.0 Å². The van der Waals surface area contributed by atoms with Gasteiger partial charge >= 0.3 is 0 Å². The lowest BCUT2D eigenvalue weighted by Gasteiger charge is -2.27. The number of carbonyl (C=O) groups is 1. The van der Waals surface area contributed by atoms with Crippen molar-refractivity contribution in [2.24, 2.45) is 5.41 Å². The lowest BCUT2D eigenvalue weighted by Crippen LogP contribution is -2.21. The molecule has 0 saturated heterocycles. The zero-order valence-electron chi connectivity index (χ0n) is 10.8. The number of hydrogen-bond donors (Lipinski definition) is 1. The summed E-state index contributed by atoms with van der Waals surface area (Å²) in [5.74, 6) is -0.418. The van der Waals surface area contributed by atoms with Crippen LogP contribution in [0.3, 0.4) is 0 Å². The molecular weight excluding hydrogens is 253 g/mol. The summed E-state index contributed by atoms with van der Waals surface area (Å²) in [5.41, 5.74) is 1.83. The van der Waals surface area contributed by atoms with E-state index in [0.717, 1.165) is 5.56 Å². The molecule has 4 heteroatoms. The second-order valence-electron chi connectivity index (χ2n) is 5.81. The Labute approximate surface area is 112 Å². The topological polar surface area (TPSA) is 29.1 Å². The van der Waals surface area contributed by atoms with Gasteiger partial charge in [0.2, 0.25) is 5.91 Å². The summed E-state index contributed by atoms with van der Waals surface area (Å²) in [6.45, 7) is 5.93. The van der Waals surface area contributed by atoms with E-state index in [2.05, 4.69) is 5.32 Å². The van der Waals surface area contributed by atoms with E-state index in [-0.39, 0.29) is 22.5 Å². The molecular formula is C14H17ClFNO. The van der Waals surface area contributed by atoms with Crippen LogP contribution in [0.25, 0.3) is 0 Å². The van der Waals surface area contributed by atoms with Crippen molar-refractivity contribution in [3.63, 3.8) is 0 Å². The molecule has 0 aliphatic carbocycles. The maximum Gasteiger partial charge on any atom is 0.224 e. The van der Waals surface area contributed by atoms with Gasteiger partial charge in [0.05, 0.1) is 5.38 Å². The van der Waals surface area contributed by atoms with Crippen LogP contribution in [-0.2, 0) is 11.2 Å². The average molecular weight is 270 g/mol. The molecule has 1 N–H and O–H groups in total. The summed E-state index contributed by atoms with van der Waals surface area (Å²) < 4.78 is 14.0. The number of hydrogen-bond acceptors (Lipinski definition) is 1. The van der Waals surface area contributed by atoms with Crippen molar-refractivity contribution in [1.29, 1.82) is 0 Å². The highest BCUT2D eigenvalue weighted by Crippen LogP contribution is 2.41. The summed E-state index contributed by atoms with van der Waals surface area (Å²) in [4.78, 5) is 11.3. The first kappa shape index (κ1) is 13.3. The Morgan fingerprint density at radius 2 is 2.00 bits per heavy atom. The quantitative estimate of drug-likeness (QED) is 0.766.